The molecule has 0 amide bonds. The second kappa shape index (κ2) is 18.4. The fourth-order valence-electron chi connectivity index (χ4n) is 2.97. The Morgan fingerprint density at radius 3 is 1.67 bits per heavy atom. The van der Waals surface area contributed by atoms with Gasteiger partial charge < -0.3 is 9.59 Å². The number of hydrogen-bond acceptors (Lipinski definition) is 2. The van der Waals surface area contributed by atoms with Crippen molar-refractivity contribution in [1.29, 1.82) is 0 Å². The molecule has 2 nitrogen and oxygen atoms in total. The molecule has 0 aromatic rings. The van der Waals surface area contributed by atoms with Crippen LogP contribution in [0.15, 0.2) is 12.2 Å². The average molecular weight is 337 g/mol. The summed E-state index contributed by atoms with van der Waals surface area (Å²) in [6, 6.07) is 0. The minimum Gasteiger partial charge on any atom is -0.303 e. The molecule has 0 radical (unpaired) electrons. The Kier molecular flexibility index (Phi) is 17.7. The molecule has 140 valence electrons. The number of aldehydes is 2. The minimum absolute atomic E-state index is 0.215. The smallest absolute Gasteiger partial charge is 0.127 e. The Labute approximate surface area is 150 Å². The Morgan fingerprint density at radius 1 is 0.708 bits per heavy atom. The van der Waals surface area contributed by atoms with E-state index in [1.54, 1.807) is 0 Å². The van der Waals surface area contributed by atoms with E-state index in [4.69, 9.17) is 0 Å². The third-order valence-electron chi connectivity index (χ3n) is 4.58. The number of hydrogen-bond donors (Lipinski definition) is 0. The van der Waals surface area contributed by atoms with Crippen LogP contribution in [0, 0.1) is 11.8 Å². The van der Waals surface area contributed by atoms with Gasteiger partial charge in [-0.15, -0.1) is 0 Å². The summed E-state index contributed by atoms with van der Waals surface area (Å²) in [7, 11) is 0. The van der Waals surface area contributed by atoms with Gasteiger partial charge in [-0.2, -0.15) is 0 Å². The summed E-state index contributed by atoms with van der Waals surface area (Å²) in [5.74, 6) is 0.649. The van der Waals surface area contributed by atoms with Crippen molar-refractivity contribution in [2.45, 2.75) is 104 Å². The first-order valence-corrected chi connectivity index (χ1v) is 10.3. The predicted molar refractivity (Wildman–Crippen MR) is 104 cm³/mol. The molecule has 0 saturated heterocycles. The standard InChI is InChI=1S/C22H40O2/c1-21(2)16-14-12-10-8-6-4-3-5-7-9-11-13-15-17-22(20-24)18-19-23/h15,17,19-22H,3-14,16,18H2,1-2H3. The van der Waals surface area contributed by atoms with E-state index >= 15 is 0 Å². The highest BCUT2D eigenvalue weighted by Crippen LogP contribution is 2.14. The predicted octanol–water partition coefficient (Wildman–Crippen LogP) is 6.67. The monoisotopic (exact) mass is 336 g/mol. The van der Waals surface area contributed by atoms with Gasteiger partial charge >= 0.3 is 0 Å². The molecule has 0 fully saturated rings. The SMILES string of the molecule is CC(C)CCCCCCCCCCCCCC=CC(C=O)CC=O. The molecule has 0 aromatic heterocycles. The zero-order valence-corrected chi connectivity index (χ0v) is 16.2. The topological polar surface area (TPSA) is 34.1 Å². The van der Waals surface area contributed by atoms with Crippen molar-refractivity contribution in [2.75, 3.05) is 0 Å². The molecule has 0 heterocycles. The number of carbonyl (C=O) groups excluding carboxylic acids is 2. The number of rotatable bonds is 18. The first-order chi connectivity index (χ1) is 11.7. The summed E-state index contributed by atoms with van der Waals surface area (Å²) in [5.41, 5.74) is 0. The molecule has 0 aliphatic rings. The molecule has 2 heteroatoms. The van der Waals surface area contributed by atoms with Crippen LogP contribution < -0.4 is 0 Å². The molecule has 1 unspecified atom stereocenters. The first-order valence-electron chi connectivity index (χ1n) is 10.3. The zero-order valence-electron chi connectivity index (χ0n) is 16.2. The summed E-state index contributed by atoms with van der Waals surface area (Å²) in [5, 5.41) is 0. The van der Waals surface area contributed by atoms with Crippen molar-refractivity contribution >= 4 is 12.6 Å². The number of allylic oxidation sites excluding steroid dienone is 2. The van der Waals surface area contributed by atoms with E-state index in [0.717, 1.165) is 24.9 Å². The quantitative estimate of drug-likeness (QED) is 0.159. The van der Waals surface area contributed by atoms with Gasteiger partial charge in [0.25, 0.3) is 0 Å². The molecular weight excluding hydrogens is 296 g/mol. The third-order valence-corrected chi connectivity index (χ3v) is 4.58. The van der Waals surface area contributed by atoms with Crippen molar-refractivity contribution < 1.29 is 9.59 Å². The van der Waals surface area contributed by atoms with Crippen LogP contribution in [0.5, 0.6) is 0 Å². The lowest BCUT2D eigenvalue weighted by atomic mass is 10.0. The maximum Gasteiger partial charge on any atom is 0.127 e. The van der Waals surface area contributed by atoms with E-state index in [2.05, 4.69) is 19.9 Å². The number of carbonyl (C=O) groups is 2. The van der Waals surface area contributed by atoms with Gasteiger partial charge in [-0.1, -0.05) is 96.6 Å². The summed E-state index contributed by atoms with van der Waals surface area (Å²) < 4.78 is 0. The zero-order chi connectivity index (χ0) is 17.9. The van der Waals surface area contributed by atoms with Gasteiger partial charge in [0.05, 0.1) is 0 Å². The van der Waals surface area contributed by atoms with Gasteiger partial charge in [-0.3, -0.25) is 0 Å². The molecule has 24 heavy (non-hydrogen) atoms. The molecule has 0 N–H and O–H groups in total. The highest BCUT2D eigenvalue weighted by molar-refractivity contribution is 5.64. The minimum atomic E-state index is -0.215. The van der Waals surface area contributed by atoms with E-state index in [0.29, 0.717) is 6.42 Å². The van der Waals surface area contributed by atoms with E-state index in [9.17, 15) is 9.59 Å². The third kappa shape index (κ3) is 17.4. The van der Waals surface area contributed by atoms with Gasteiger partial charge in [0.1, 0.15) is 12.6 Å². The maximum atomic E-state index is 10.7. The van der Waals surface area contributed by atoms with E-state index < -0.39 is 0 Å². The normalized spacial score (nSPS) is 12.8. The van der Waals surface area contributed by atoms with E-state index in [-0.39, 0.29) is 5.92 Å². The lowest BCUT2D eigenvalue weighted by molar-refractivity contribution is -0.114. The molecule has 0 aliphatic heterocycles. The summed E-state index contributed by atoms with van der Waals surface area (Å²) >= 11 is 0. The summed E-state index contributed by atoms with van der Waals surface area (Å²) in [6.07, 6.45) is 23.4. The van der Waals surface area contributed by atoms with Crippen molar-refractivity contribution in [3.8, 4) is 0 Å². The lowest BCUT2D eigenvalue weighted by Gasteiger charge is -2.04. The fourth-order valence-corrected chi connectivity index (χ4v) is 2.97. The second-order valence-corrected chi connectivity index (χ2v) is 7.49. The van der Waals surface area contributed by atoms with Crippen LogP contribution in [0.25, 0.3) is 0 Å². The number of unbranched alkanes of at least 4 members (excludes halogenated alkanes) is 11. The Hall–Kier alpha value is -0.920. The molecular formula is C22H40O2. The second-order valence-electron chi connectivity index (χ2n) is 7.49. The van der Waals surface area contributed by atoms with Crippen LogP contribution in [0.2, 0.25) is 0 Å². The molecule has 0 aromatic carbocycles. The summed E-state index contributed by atoms with van der Waals surface area (Å²) in [6.45, 7) is 4.62. The highest BCUT2D eigenvalue weighted by Gasteiger charge is 2.00. The van der Waals surface area contributed by atoms with Crippen molar-refractivity contribution in [2.24, 2.45) is 11.8 Å². The van der Waals surface area contributed by atoms with Crippen LogP contribution in [0.4, 0.5) is 0 Å². The maximum absolute atomic E-state index is 10.7. The van der Waals surface area contributed by atoms with Gasteiger partial charge in [0.15, 0.2) is 0 Å². The van der Waals surface area contributed by atoms with Crippen LogP contribution in [0.3, 0.4) is 0 Å². The highest BCUT2D eigenvalue weighted by atomic mass is 16.1. The Balaban J connectivity index is 3.21. The van der Waals surface area contributed by atoms with Gasteiger partial charge in [0, 0.05) is 12.3 Å². The molecule has 0 rings (SSSR count). The molecule has 0 spiro atoms. The molecule has 0 aliphatic carbocycles. The van der Waals surface area contributed by atoms with Gasteiger partial charge in [0.2, 0.25) is 0 Å². The van der Waals surface area contributed by atoms with Gasteiger partial charge in [-0.25, -0.2) is 0 Å². The fraction of sp³-hybridized carbons (Fsp3) is 0.818. The van der Waals surface area contributed by atoms with E-state index in [1.807, 2.05) is 6.08 Å². The average Bonchev–Trinajstić information content (AvgIpc) is 2.57. The van der Waals surface area contributed by atoms with Crippen molar-refractivity contribution in [3.05, 3.63) is 12.2 Å². The lowest BCUT2D eigenvalue weighted by Crippen LogP contribution is -1.97. The van der Waals surface area contributed by atoms with Crippen molar-refractivity contribution in [1.82, 2.24) is 0 Å². The molecule has 0 bridgehead atoms. The van der Waals surface area contributed by atoms with Crippen LogP contribution in [-0.2, 0) is 9.59 Å². The van der Waals surface area contributed by atoms with E-state index in [1.165, 1.54) is 77.0 Å². The Morgan fingerprint density at radius 2 is 1.21 bits per heavy atom. The molecule has 0 saturated carbocycles. The summed E-state index contributed by atoms with van der Waals surface area (Å²) in [4.78, 5) is 21.0. The van der Waals surface area contributed by atoms with Crippen molar-refractivity contribution in [3.63, 3.8) is 0 Å². The van der Waals surface area contributed by atoms with Crippen LogP contribution >= 0.6 is 0 Å². The Bertz CT molecular complexity index is 307. The van der Waals surface area contributed by atoms with Crippen LogP contribution in [0.1, 0.15) is 104 Å². The first kappa shape index (κ1) is 23.1. The largest absolute Gasteiger partial charge is 0.303 e. The molecule has 1 atom stereocenters. The van der Waals surface area contributed by atoms with Gasteiger partial charge in [-0.05, 0) is 18.8 Å². The van der Waals surface area contributed by atoms with Crippen LogP contribution in [-0.4, -0.2) is 12.6 Å².